The van der Waals surface area contributed by atoms with Crippen molar-refractivity contribution in [2.45, 2.75) is 0 Å². The van der Waals surface area contributed by atoms with Gasteiger partial charge in [-0.15, -0.1) is 0 Å². The molecule has 1 saturated heterocycles. The minimum atomic E-state index is -0.665. The van der Waals surface area contributed by atoms with E-state index < -0.39 is 16.7 Å². The molecule has 0 saturated carbocycles. The second-order valence-corrected chi connectivity index (χ2v) is 8.08. The number of hydrogen-bond donors (Lipinski definition) is 1. The second-order valence-electron chi connectivity index (χ2n) is 6.41. The van der Waals surface area contributed by atoms with E-state index in [9.17, 15) is 19.7 Å². The molecule has 1 fully saturated rings. The summed E-state index contributed by atoms with van der Waals surface area (Å²) in [5.74, 6) is -0.270. The number of amides is 2. The lowest BCUT2D eigenvalue weighted by Gasteiger charge is -2.17. The van der Waals surface area contributed by atoms with Crippen LogP contribution >= 0.6 is 24.0 Å². The van der Waals surface area contributed by atoms with Gasteiger partial charge >= 0.3 is 0 Å². The number of non-ortho nitro benzene ring substituents is 1. The molecule has 2 heterocycles. The largest absolute Gasteiger partial charge is 0.457 e. The van der Waals surface area contributed by atoms with Gasteiger partial charge in [-0.25, -0.2) is 0 Å². The Morgan fingerprint density at radius 1 is 1.16 bits per heavy atom. The first-order chi connectivity index (χ1) is 14.8. The maximum atomic E-state index is 13.0. The van der Waals surface area contributed by atoms with Crippen molar-refractivity contribution in [1.29, 1.82) is 0 Å². The first-order valence-electron chi connectivity index (χ1n) is 8.86. The molecule has 1 aliphatic rings. The minimum absolute atomic E-state index is 0.0514. The number of primary amides is 1. The molecule has 0 aliphatic carbocycles. The summed E-state index contributed by atoms with van der Waals surface area (Å²) in [7, 11) is 0. The summed E-state index contributed by atoms with van der Waals surface area (Å²) in [6, 6.07) is 15.8. The Balaban J connectivity index is 1.64. The summed E-state index contributed by atoms with van der Waals surface area (Å²) < 4.78 is 6.01. The summed E-state index contributed by atoms with van der Waals surface area (Å²) in [5, 5.41) is 11.0. The monoisotopic (exact) mass is 451 g/mol. The highest BCUT2D eigenvalue weighted by atomic mass is 32.2. The molecular weight excluding hydrogens is 438 g/mol. The Morgan fingerprint density at radius 2 is 1.94 bits per heavy atom. The zero-order chi connectivity index (χ0) is 22.1. The van der Waals surface area contributed by atoms with Crippen molar-refractivity contribution < 1.29 is 18.9 Å². The van der Waals surface area contributed by atoms with Crippen molar-refractivity contribution in [2.24, 2.45) is 5.73 Å². The number of nitrogens with two attached hydrogens (primary N) is 1. The summed E-state index contributed by atoms with van der Waals surface area (Å²) in [6.07, 6.45) is 1.53. The van der Waals surface area contributed by atoms with Crippen LogP contribution in [-0.4, -0.2) is 21.1 Å². The molecule has 4 rings (SSSR count). The van der Waals surface area contributed by atoms with Gasteiger partial charge in [-0.05, 0) is 24.3 Å². The standard InChI is InChI=1S/C21H13N3O5S2/c22-19(25)15-6-1-2-7-16(15)23-20(26)18(31-21(23)30)11-14-8-9-17(29-14)12-4-3-5-13(10-12)24(27)28/h1-11H,(H2,22,25)/b18-11+. The van der Waals surface area contributed by atoms with Gasteiger partial charge in [-0.1, -0.05) is 48.2 Å². The number of carbonyl (C=O) groups is 2. The molecule has 0 radical (unpaired) electrons. The molecule has 3 aromatic rings. The number of nitro benzene ring substituents is 1. The molecule has 2 N–H and O–H groups in total. The van der Waals surface area contributed by atoms with E-state index in [0.29, 0.717) is 27.7 Å². The zero-order valence-corrected chi connectivity index (χ0v) is 17.3. The number of thiocarbonyl (C=S) groups is 1. The van der Waals surface area contributed by atoms with Gasteiger partial charge in [0.05, 0.1) is 21.1 Å². The molecule has 1 aliphatic heterocycles. The molecule has 1 aromatic heterocycles. The lowest BCUT2D eigenvalue weighted by atomic mass is 10.1. The Kier molecular flexibility index (Phi) is 5.40. The van der Waals surface area contributed by atoms with E-state index in [2.05, 4.69) is 0 Å². The van der Waals surface area contributed by atoms with Gasteiger partial charge in [-0.3, -0.25) is 24.6 Å². The van der Waals surface area contributed by atoms with Crippen LogP contribution in [0.25, 0.3) is 17.4 Å². The predicted octanol–water partition coefficient (Wildman–Crippen LogP) is 4.36. The Morgan fingerprint density at radius 3 is 2.68 bits per heavy atom. The number of nitrogens with zero attached hydrogens (tertiary/aromatic N) is 2. The third kappa shape index (κ3) is 3.98. The van der Waals surface area contributed by atoms with Gasteiger partial charge in [0.2, 0.25) is 0 Å². The average Bonchev–Trinajstić information content (AvgIpc) is 3.32. The van der Waals surface area contributed by atoms with Crippen molar-refractivity contribution >= 4 is 57.6 Å². The van der Waals surface area contributed by atoms with E-state index in [1.54, 1.807) is 42.5 Å². The van der Waals surface area contributed by atoms with E-state index in [0.717, 1.165) is 11.8 Å². The third-order valence-electron chi connectivity index (χ3n) is 4.45. The van der Waals surface area contributed by atoms with Crippen LogP contribution in [0.2, 0.25) is 0 Å². The zero-order valence-electron chi connectivity index (χ0n) is 15.7. The molecule has 154 valence electrons. The van der Waals surface area contributed by atoms with Crippen LogP contribution < -0.4 is 10.6 Å². The van der Waals surface area contributed by atoms with Crippen LogP contribution in [0, 0.1) is 10.1 Å². The lowest BCUT2D eigenvalue weighted by Crippen LogP contribution is -2.30. The van der Waals surface area contributed by atoms with E-state index in [4.69, 9.17) is 22.4 Å². The SMILES string of the molecule is NC(=O)c1ccccc1N1C(=O)/C(=C\c2ccc(-c3cccc([N+](=O)[O-])c3)o2)SC1=S. The van der Waals surface area contributed by atoms with E-state index in [1.165, 1.54) is 29.2 Å². The molecule has 0 unspecified atom stereocenters. The van der Waals surface area contributed by atoms with E-state index in [1.807, 2.05) is 0 Å². The van der Waals surface area contributed by atoms with Gasteiger partial charge in [0.1, 0.15) is 11.5 Å². The van der Waals surface area contributed by atoms with Crippen molar-refractivity contribution in [2.75, 3.05) is 4.90 Å². The molecule has 8 nitrogen and oxygen atoms in total. The average molecular weight is 451 g/mol. The quantitative estimate of drug-likeness (QED) is 0.265. The van der Waals surface area contributed by atoms with Crippen LogP contribution in [0.5, 0.6) is 0 Å². The number of para-hydroxylation sites is 1. The fraction of sp³-hybridized carbons (Fsp3) is 0. The summed E-state index contributed by atoms with van der Waals surface area (Å²) >= 11 is 6.41. The fourth-order valence-corrected chi connectivity index (χ4v) is 4.30. The van der Waals surface area contributed by atoms with Crippen LogP contribution in [-0.2, 0) is 4.79 Å². The molecule has 31 heavy (non-hydrogen) atoms. The Bertz CT molecular complexity index is 1280. The number of rotatable bonds is 5. The fourth-order valence-electron chi connectivity index (χ4n) is 3.04. The molecule has 0 atom stereocenters. The number of anilines is 1. The topological polar surface area (TPSA) is 120 Å². The smallest absolute Gasteiger partial charge is 0.270 e. The number of furan rings is 1. The van der Waals surface area contributed by atoms with Crippen molar-refractivity contribution in [3.05, 3.63) is 87.0 Å². The van der Waals surface area contributed by atoms with Crippen molar-refractivity contribution in [1.82, 2.24) is 0 Å². The van der Waals surface area contributed by atoms with Crippen LogP contribution in [0.3, 0.4) is 0 Å². The van der Waals surface area contributed by atoms with Gasteiger partial charge < -0.3 is 10.2 Å². The van der Waals surface area contributed by atoms with Crippen LogP contribution in [0.15, 0.2) is 70.0 Å². The van der Waals surface area contributed by atoms with Crippen LogP contribution in [0.4, 0.5) is 11.4 Å². The van der Waals surface area contributed by atoms with Crippen LogP contribution in [0.1, 0.15) is 16.1 Å². The first-order valence-corrected chi connectivity index (χ1v) is 10.1. The number of carbonyl (C=O) groups excluding carboxylic acids is 2. The molecule has 2 aromatic carbocycles. The minimum Gasteiger partial charge on any atom is -0.457 e. The van der Waals surface area contributed by atoms with Gasteiger partial charge in [0.15, 0.2) is 4.32 Å². The second kappa shape index (κ2) is 8.17. The molecule has 2 amide bonds. The summed E-state index contributed by atoms with van der Waals surface area (Å²) in [5.41, 5.74) is 6.41. The van der Waals surface area contributed by atoms with Gasteiger partial charge in [0.25, 0.3) is 17.5 Å². The maximum absolute atomic E-state index is 13.0. The van der Waals surface area contributed by atoms with Crippen molar-refractivity contribution in [3.63, 3.8) is 0 Å². The molecular formula is C21H13N3O5S2. The highest BCUT2D eigenvalue weighted by molar-refractivity contribution is 8.27. The molecule has 10 heteroatoms. The van der Waals surface area contributed by atoms with Crippen molar-refractivity contribution in [3.8, 4) is 11.3 Å². The number of benzene rings is 2. The third-order valence-corrected chi connectivity index (χ3v) is 5.75. The summed E-state index contributed by atoms with van der Waals surface area (Å²) in [6.45, 7) is 0. The lowest BCUT2D eigenvalue weighted by molar-refractivity contribution is -0.384. The Labute approximate surface area is 185 Å². The number of thioether (sulfide) groups is 1. The van der Waals surface area contributed by atoms with Gasteiger partial charge in [-0.2, -0.15) is 0 Å². The van der Waals surface area contributed by atoms with E-state index >= 15 is 0 Å². The highest BCUT2D eigenvalue weighted by Crippen LogP contribution is 2.38. The first kappa shape index (κ1) is 20.5. The molecule has 0 bridgehead atoms. The molecule has 0 spiro atoms. The number of nitro groups is 1. The van der Waals surface area contributed by atoms with E-state index in [-0.39, 0.29) is 15.6 Å². The maximum Gasteiger partial charge on any atom is 0.270 e. The normalized spacial score (nSPS) is 15.0. The summed E-state index contributed by atoms with van der Waals surface area (Å²) in [4.78, 5) is 36.8. The van der Waals surface area contributed by atoms with Gasteiger partial charge in [0, 0.05) is 23.8 Å². The Hall–Kier alpha value is -3.76. The number of hydrogen-bond acceptors (Lipinski definition) is 7. The highest BCUT2D eigenvalue weighted by Gasteiger charge is 2.35. The predicted molar refractivity (Wildman–Crippen MR) is 121 cm³/mol.